The number of nitrogens with zero attached hydrogens (tertiary/aromatic N) is 3. The SMILES string of the molecule is CCOc1ccc(CN(C)C(=NC)NCc2ccc(CN3CCCC3=O)cc2)cc1. The molecule has 160 valence electrons. The number of rotatable bonds is 8. The largest absolute Gasteiger partial charge is 0.494 e. The quantitative estimate of drug-likeness (QED) is 0.537. The third-order valence-corrected chi connectivity index (χ3v) is 5.25. The number of likely N-dealkylation sites (tertiary alicyclic amines) is 1. The van der Waals surface area contributed by atoms with Crippen molar-refractivity contribution >= 4 is 11.9 Å². The number of hydrogen-bond acceptors (Lipinski definition) is 3. The monoisotopic (exact) mass is 408 g/mol. The van der Waals surface area contributed by atoms with Gasteiger partial charge < -0.3 is 19.9 Å². The molecule has 1 aliphatic rings. The van der Waals surface area contributed by atoms with Crippen LogP contribution in [-0.4, -0.2) is 48.9 Å². The Bertz CT molecular complexity index is 847. The zero-order valence-corrected chi connectivity index (χ0v) is 18.2. The Morgan fingerprint density at radius 3 is 2.37 bits per heavy atom. The van der Waals surface area contributed by atoms with E-state index in [1.54, 1.807) is 7.05 Å². The van der Waals surface area contributed by atoms with E-state index in [-0.39, 0.29) is 5.91 Å². The predicted octanol–water partition coefficient (Wildman–Crippen LogP) is 3.42. The third-order valence-electron chi connectivity index (χ3n) is 5.25. The van der Waals surface area contributed by atoms with Crippen LogP contribution in [-0.2, 0) is 24.4 Å². The van der Waals surface area contributed by atoms with Gasteiger partial charge in [0.2, 0.25) is 5.91 Å². The first-order valence-corrected chi connectivity index (χ1v) is 10.6. The Balaban J connectivity index is 1.49. The van der Waals surface area contributed by atoms with Gasteiger partial charge in [-0.15, -0.1) is 0 Å². The Morgan fingerprint density at radius 2 is 1.77 bits per heavy atom. The summed E-state index contributed by atoms with van der Waals surface area (Å²) in [6, 6.07) is 16.6. The summed E-state index contributed by atoms with van der Waals surface area (Å²) in [4.78, 5) is 20.2. The second kappa shape index (κ2) is 10.7. The molecule has 0 spiro atoms. The summed E-state index contributed by atoms with van der Waals surface area (Å²) in [5, 5.41) is 3.42. The van der Waals surface area contributed by atoms with Crippen molar-refractivity contribution in [1.82, 2.24) is 15.1 Å². The van der Waals surface area contributed by atoms with Gasteiger partial charge in [-0.3, -0.25) is 9.79 Å². The van der Waals surface area contributed by atoms with Crippen molar-refractivity contribution < 1.29 is 9.53 Å². The van der Waals surface area contributed by atoms with E-state index in [0.29, 0.717) is 26.1 Å². The van der Waals surface area contributed by atoms with Gasteiger partial charge in [-0.25, -0.2) is 0 Å². The van der Waals surface area contributed by atoms with Gasteiger partial charge in [-0.05, 0) is 42.2 Å². The lowest BCUT2D eigenvalue weighted by Crippen LogP contribution is -2.38. The molecule has 1 N–H and O–H groups in total. The molecule has 6 heteroatoms. The molecule has 2 aromatic carbocycles. The zero-order valence-electron chi connectivity index (χ0n) is 18.2. The summed E-state index contributed by atoms with van der Waals surface area (Å²) in [7, 11) is 3.83. The highest BCUT2D eigenvalue weighted by atomic mass is 16.5. The van der Waals surface area contributed by atoms with E-state index in [4.69, 9.17) is 4.74 Å². The molecule has 6 nitrogen and oxygen atoms in total. The Hall–Kier alpha value is -3.02. The normalized spacial score (nSPS) is 14.2. The van der Waals surface area contributed by atoms with E-state index in [1.807, 2.05) is 31.0 Å². The van der Waals surface area contributed by atoms with Gasteiger partial charge in [0, 0.05) is 46.7 Å². The molecule has 2 aromatic rings. The molecule has 0 saturated carbocycles. The molecule has 1 fully saturated rings. The van der Waals surface area contributed by atoms with Gasteiger partial charge >= 0.3 is 0 Å². The number of carbonyl (C=O) groups is 1. The Kier molecular flexibility index (Phi) is 7.71. The number of benzene rings is 2. The molecule has 0 aliphatic carbocycles. The van der Waals surface area contributed by atoms with E-state index in [2.05, 4.69) is 51.6 Å². The fourth-order valence-corrected chi connectivity index (χ4v) is 3.63. The minimum atomic E-state index is 0.264. The highest BCUT2D eigenvalue weighted by Gasteiger charge is 2.19. The first-order valence-electron chi connectivity index (χ1n) is 10.6. The maximum Gasteiger partial charge on any atom is 0.222 e. The summed E-state index contributed by atoms with van der Waals surface area (Å²) in [5.41, 5.74) is 3.55. The van der Waals surface area contributed by atoms with Crippen LogP contribution >= 0.6 is 0 Å². The Labute approximate surface area is 179 Å². The molecule has 1 amide bonds. The molecule has 30 heavy (non-hydrogen) atoms. The molecule has 0 bridgehead atoms. The van der Waals surface area contributed by atoms with Crippen molar-refractivity contribution in [3.63, 3.8) is 0 Å². The van der Waals surface area contributed by atoms with Crippen LogP contribution in [0.15, 0.2) is 53.5 Å². The van der Waals surface area contributed by atoms with E-state index < -0.39 is 0 Å². The fraction of sp³-hybridized carbons (Fsp3) is 0.417. The minimum absolute atomic E-state index is 0.264. The number of carbonyl (C=O) groups excluding carboxylic acids is 1. The maximum atomic E-state index is 11.8. The smallest absolute Gasteiger partial charge is 0.222 e. The fourth-order valence-electron chi connectivity index (χ4n) is 3.63. The van der Waals surface area contributed by atoms with E-state index in [1.165, 1.54) is 16.7 Å². The van der Waals surface area contributed by atoms with Crippen LogP contribution in [0.25, 0.3) is 0 Å². The first kappa shape index (κ1) is 21.7. The second-order valence-corrected chi connectivity index (χ2v) is 7.57. The van der Waals surface area contributed by atoms with Gasteiger partial charge in [-0.2, -0.15) is 0 Å². The van der Waals surface area contributed by atoms with Crippen LogP contribution in [0.1, 0.15) is 36.5 Å². The average Bonchev–Trinajstić information content (AvgIpc) is 3.15. The van der Waals surface area contributed by atoms with Crippen LogP contribution in [0, 0.1) is 0 Å². The van der Waals surface area contributed by atoms with Crippen molar-refractivity contribution in [2.24, 2.45) is 4.99 Å². The van der Waals surface area contributed by atoms with Crippen LogP contribution in [0.5, 0.6) is 5.75 Å². The molecular formula is C24H32N4O2. The lowest BCUT2D eigenvalue weighted by Gasteiger charge is -2.22. The molecule has 0 atom stereocenters. The molecule has 1 aliphatic heterocycles. The van der Waals surface area contributed by atoms with Crippen LogP contribution in [0.4, 0.5) is 0 Å². The average molecular weight is 409 g/mol. The molecule has 3 rings (SSSR count). The predicted molar refractivity (Wildman–Crippen MR) is 120 cm³/mol. The van der Waals surface area contributed by atoms with Crippen molar-refractivity contribution in [3.05, 3.63) is 65.2 Å². The topological polar surface area (TPSA) is 57.2 Å². The lowest BCUT2D eigenvalue weighted by molar-refractivity contribution is -0.128. The van der Waals surface area contributed by atoms with E-state index >= 15 is 0 Å². The van der Waals surface area contributed by atoms with E-state index in [0.717, 1.165) is 31.2 Å². The number of hydrogen-bond donors (Lipinski definition) is 1. The summed E-state index contributed by atoms with van der Waals surface area (Å²) in [5.74, 6) is 2.00. The molecular weight excluding hydrogens is 376 g/mol. The van der Waals surface area contributed by atoms with Gasteiger partial charge in [0.05, 0.1) is 6.61 Å². The van der Waals surface area contributed by atoms with Gasteiger partial charge in [-0.1, -0.05) is 36.4 Å². The van der Waals surface area contributed by atoms with Crippen molar-refractivity contribution in [3.8, 4) is 5.75 Å². The zero-order chi connectivity index (χ0) is 21.3. The minimum Gasteiger partial charge on any atom is -0.494 e. The van der Waals surface area contributed by atoms with Crippen LogP contribution < -0.4 is 10.1 Å². The Morgan fingerprint density at radius 1 is 1.10 bits per heavy atom. The van der Waals surface area contributed by atoms with Gasteiger partial charge in [0.25, 0.3) is 0 Å². The number of amides is 1. The summed E-state index contributed by atoms with van der Waals surface area (Å²) in [6.07, 6.45) is 1.66. The number of nitrogens with one attached hydrogen (secondary N) is 1. The molecule has 0 unspecified atom stereocenters. The maximum absolute atomic E-state index is 11.8. The molecule has 1 heterocycles. The van der Waals surface area contributed by atoms with Crippen molar-refractivity contribution in [2.45, 2.75) is 39.4 Å². The third kappa shape index (κ3) is 5.99. The van der Waals surface area contributed by atoms with Gasteiger partial charge in [0.15, 0.2) is 5.96 Å². The van der Waals surface area contributed by atoms with E-state index in [9.17, 15) is 4.79 Å². The first-order chi connectivity index (χ1) is 14.6. The van der Waals surface area contributed by atoms with Crippen LogP contribution in [0.3, 0.4) is 0 Å². The molecule has 1 saturated heterocycles. The highest BCUT2D eigenvalue weighted by Crippen LogP contribution is 2.15. The second-order valence-electron chi connectivity index (χ2n) is 7.57. The highest BCUT2D eigenvalue weighted by molar-refractivity contribution is 5.79. The van der Waals surface area contributed by atoms with Crippen molar-refractivity contribution in [1.29, 1.82) is 0 Å². The van der Waals surface area contributed by atoms with Crippen LogP contribution in [0.2, 0.25) is 0 Å². The number of ether oxygens (including phenoxy) is 1. The molecule has 0 aromatic heterocycles. The van der Waals surface area contributed by atoms with Gasteiger partial charge in [0.1, 0.15) is 5.75 Å². The lowest BCUT2D eigenvalue weighted by atomic mass is 10.1. The number of aliphatic imine (C=N–C) groups is 1. The summed E-state index contributed by atoms with van der Waals surface area (Å²) < 4.78 is 5.50. The molecule has 0 radical (unpaired) electrons. The summed E-state index contributed by atoms with van der Waals surface area (Å²) >= 11 is 0. The van der Waals surface area contributed by atoms with Crippen molar-refractivity contribution in [2.75, 3.05) is 27.2 Å². The standard InChI is InChI=1S/C24H32N4O2/c1-4-30-22-13-11-20(12-14-22)17-27(3)24(25-2)26-16-19-7-9-21(10-8-19)18-28-15-5-6-23(28)29/h7-14H,4-6,15-18H2,1-3H3,(H,25,26). The summed E-state index contributed by atoms with van der Waals surface area (Å²) in [6.45, 7) is 5.70. The number of guanidine groups is 1.